The summed E-state index contributed by atoms with van der Waals surface area (Å²) in [6.07, 6.45) is -11.2. The summed E-state index contributed by atoms with van der Waals surface area (Å²) in [4.78, 5) is 48.8. The van der Waals surface area contributed by atoms with E-state index in [0.717, 1.165) is 25.0 Å². The number of hydrogen-bond acceptors (Lipinski definition) is 14. The van der Waals surface area contributed by atoms with Gasteiger partial charge in [-0.2, -0.15) is 0 Å². The van der Waals surface area contributed by atoms with Crippen molar-refractivity contribution in [2.75, 3.05) is 13.2 Å². The third kappa shape index (κ3) is 8.91. The van der Waals surface area contributed by atoms with E-state index in [-0.39, 0.29) is 19.8 Å². The Morgan fingerprint density at radius 3 is 1.87 bits per heavy atom. The van der Waals surface area contributed by atoms with Gasteiger partial charge in [-0.3, -0.25) is 19.2 Å². The molecule has 3 aliphatic rings. The van der Waals surface area contributed by atoms with Gasteiger partial charge in [0, 0.05) is 33.3 Å². The average Bonchev–Trinajstić information content (AvgIpc) is 3.03. The van der Waals surface area contributed by atoms with Crippen LogP contribution < -0.4 is 0 Å². The highest BCUT2D eigenvalue weighted by atomic mass is 16.8. The Bertz CT molecular complexity index is 1370. The molecule has 0 aromatic heterocycles. The molecule has 2 aromatic rings. The van der Waals surface area contributed by atoms with E-state index in [1.807, 2.05) is 60.7 Å². The number of rotatable bonds is 10. The fourth-order valence-electron chi connectivity index (χ4n) is 5.66. The van der Waals surface area contributed by atoms with Gasteiger partial charge < -0.3 is 47.4 Å². The Hall–Kier alpha value is -3.92. The summed E-state index contributed by atoms with van der Waals surface area (Å²) in [5, 5.41) is 0. The van der Waals surface area contributed by atoms with Crippen LogP contribution in [0.3, 0.4) is 0 Å². The van der Waals surface area contributed by atoms with Crippen LogP contribution in [0.5, 0.6) is 0 Å². The van der Waals surface area contributed by atoms with Crippen LogP contribution >= 0.6 is 0 Å². The van der Waals surface area contributed by atoms with Gasteiger partial charge in [-0.1, -0.05) is 60.7 Å². The summed E-state index contributed by atoms with van der Waals surface area (Å²) in [5.41, 5.74) is 1.56. The molecule has 14 heteroatoms. The smallest absolute Gasteiger partial charge is 0.303 e. The lowest BCUT2D eigenvalue weighted by atomic mass is 9.96. The fourth-order valence-corrected chi connectivity index (χ4v) is 5.66. The molecule has 47 heavy (non-hydrogen) atoms. The average molecular weight is 659 g/mol. The molecule has 0 N–H and O–H groups in total. The monoisotopic (exact) mass is 658 g/mol. The quantitative estimate of drug-likeness (QED) is 0.271. The standard InChI is InChI=1S/C33H38O14/c1-18(34)41-24-16-40-33(29(44-21(4)37)27(24)42-19(2)35)47-30-28(43-20(3)36)26-25(17-39-31(46-26)23-13-9-6-10-14-23)45-32(30)38-15-22-11-7-5-8-12-22/h5-14,24-33H,15-17H2,1-4H3. The molecule has 3 saturated heterocycles. The number of benzene rings is 2. The molecule has 3 fully saturated rings. The van der Waals surface area contributed by atoms with Crippen molar-refractivity contribution >= 4 is 23.9 Å². The Labute approximate surface area is 271 Å². The van der Waals surface area contributed by atoms with Crippen molar-refractivity contribution in [1.29, 1.82) is 0 Å². The van der Waals surface area contributed by atoms with Gasteiger partial charge in [0.2, 0.25) is 0 Å². The third-order valence-corrected chi connectivity index (χ3v) is 7.51. The predicted molar refractivity (Wildman–Crippen MR) is 157 cm³/mol. The van der Waals surface area contributed by atoms with E-state index >= 15 is 0 Å². The molecule has 0 radical (unpaired) electrons. The van der Waals surface area contributed by atoms with Crippen LogP contribution in [0, 0.1) is 0 Å². The van der Waals surface area contributed by atoms with Crippen molar-refractivity contribution < 1.29 is 66.5 Å². The number of carbonyl (C=O) groups excluding carboxylic acids is 4. The lowest BCUT2D eigenvalue weighted by molar-refractivity contribution is -0.389. The van der Waals surface area contributed by atoms with Crippen molar-refractivity contribution in [2.45, 2.75) is 95.9 Å². The van der Waals surface area contributed by atoms with E-state index in [9.17, 15) is 19.2 Å². The first-order valence-electron chi connectivity index (χ1n) is 15.2. The highest BCUT2D eigenvalue weighted by Gasteiger charge is 2.56. The number of carbonyl (C=O) groups is 4. The molecule has 0 spiro atoms. The minimum absolute atomic E-state index is 0.0779. The van der Waals surface area contributed by atoms with E-state index in [2.05, 4.69) is 0 Å². The molecular formula is C33H38O14. The van der Waals surface area contributed by atoms with Gasteiger partial charge >= 0.3 is 23.9 Å². The van der Waals surface area contributed by atoms with E-state index < -0.39 is 85.5 Å². The van der Waals surface area contributed by atoms with Crippen molar-refractivity contribution in [3.63, 3.8) is 0 Å². The first-order chi connectivity index (χ1) is 22.6. The highest BCUT2D eigenvalue weighted by molar-refractivity contribution is 5.68. The normalized spacial score (nSPS) is 31.9. The molecule has 5 rings (SSSR count). The maximum Gasteiger partial charge on any atom is 0.303 e. The van der Waals surface area contributed by atoms with Gasteiger partial charge in [-0.25, -0.2) is 0 Å². The number of esters is 4. The molecule has 14 nitrogen and oxygen atoms in total. The van der Waals surface area contributed by atoms with Crippen LogP contribution in [0.2, 0.25) is 0 Å². The Balaban J connectivity index is 1.48. The molecule has 10 atom stereocenters. The molecule has 0 bridgehead atoms. The van der Waals surface area contributed by atoms with Crippen molar-refractivity contribution in [3.05, 3.63) is 71.8 Å². The van der Waals surface area contributed by atoms with E-state index in [1.165, 1.54) is 13.8 Å². The SMILES string of the molecule is CC(=O)OC1COC(OC2C(OCc3ccccc3)OC3COC(c4ccccc4)OC3C2OC(C)=O)C(OC(C)=O)C1OC(C)=O. The molecule has 3 heterocycles. The van der Waals surface area contributed by atoms with E-state index in [4.69, 9.17) is 47.4 Å². The molecule has 2 aromatic carbocycles. The van der Waals surface area contributed by atoms with Gasteiger partial charge in [0.25, 0.3) is 0 Å². The number of hydrogen-bond donors (Lipinski definition) is 0. The van der Waals surface area contributed by atoms with Gasteiger partial charge in [-0.05, 0) is 5.56 Å². The second-order valence-corrected chi connectivity index (χ2v) is 11.2. The van der Waals surface area contributed by atoms with Crippen molar-refractivity contribution in [2.24, 2.45) is 0 Å². The second-order valence-electron chi connectivity index (χ2n) is 11.2. The van der Waals surface area contributed by atoms with E-state index in [0.29, 0.717) is 0 Å². The van der Waals surface area contributed by atoms with Crippen LogP contribution in [-0.4, -0.2) is 92.4 Å². The molecular weight excluding hydrogens is 620 g/mol. The third-order valence-electron chi connectivity index (χ3n) is 7.51. The second kappa shape index (κ2) is 15.8. The maximum absolute atomic E-state index is 12.5. The summed E-state index contributed by atoms with van der Waals surface area (Å²) in [6, 6.07) is 18.5. The van der Waals surface area contributed by atoms with Crippen LogP contribution in [0.1, 0.15) is 45.1 Å². The first kappa shape index (κ1) is 34.4. The topological polar surface area (TPSA) is 161 Å². The zero-order valence-electron chi connectivity index (χ0n) is 26.4. The Morgan fingerprint density at radius 1 is 0.638 bits per heavy atom. The van der Waals surface area contributed by atoms with Crippen LogP contribution in [0.15, 0.2) is 60.7 Å². The number of fused-ring (bicyclic) bond motifs is 1. The van der Waals surface area contributed by atoms with Gasteiger partial charge in [-0.15, -0.1) is 0 Å². The van der Waals surface area contributed by atoms with Crippen molar-refractivity contribution in [1.82, 2.24) is 0 Å². The van der Waals surface area contributed by atoms with Gasteiger partial charge in [0.05, 0.1) is 19.8 Å². The summed E-state index contributed by atoms with van der Waals surface area (Å²) < 4.78 is 59.4. The van der Waals surface area contributed by atoms with Gasteiger partial charge in [0.15, 0.2) is 49.4 Å². The van der Waals surface area contributed by atoms with E-state index in [1.54, 1.807) is 0 Å². The largest absolute Gasteiger partial charge is 0.457 e. The summed E-state index contributed by atoms with van der Waals surface area (Å²) in [7, 11) is 0. The minimum Gasteiger partial charge on any atom is -0.457 e. The van der Waals surface area contributed by atoms with Gasteiger partial charge in [0.1, 0.15) is 12.2 Å². The summed E-state index contributed by atoms with van der Waals surface area (Å²) in [5.74, 6) is -2.78. The zero-order valence-corrected chi connectivity index (χ0v) is 26.4. The highest BCUT2D eigenvalue weighted by Crippen LogP contribution is 2.38. The maximum atomic E-state index is 12.5. The minimum atomic E-state index is -1.43. The van der Waals surface area contributed by atoms with Crippen molar-refractivity contribution in [3.8, 4) is 0 Å². The molecule has 254 valence electrons. The summed E-state index contributed by atoms with van der Waals surface area (Å²) >= 11 is 0. The fraction of sp³-hybridized carbons (Fsp3) is 0.515. The molecule has 0 amide bonds. The van der Waals surface area contributed by atoms with Crippen LogP contribution in [0.4, 0.5) is 0 Å². The zero-order chi connectivity index (χ0) is 33.5. The molecule has 10 unspecified atom stereocenters. The lowest BCUT2D eigenvalue weighted by Gasteiger charge is -2.50. The first-order valence-corrected chi connectivity index (χ1v) is 15.2. The predicted octanol–water partition coefficient (Wildman–Crippen LogP) is 2.51. The molecule has 0 aliphatic carbocycles. The summed E-state index contributed by atoms with van der Waals surface area (Å²) in [6.45, 7) is 4.62. The van der Waals surface area contributed by atoms with Crippen LogP contribution in [-0.2, 0) is 73.2 Å². The lowest BCUT2D eigenvalue weighted by Crippen LogP contribution is -2.66. The Kier molecular flexibility index (Phi) is 11.6. The number of ether oxygens (including phenoxy) is 10. The molecule has 0 saturated carbocycles. The molecule has 3 aliphatic heterocycles. The Morgan fingerprint density at radius 2 is 1.23 bits per heavy atom. The van der Waals surface area contributed by atoms with Crippen LogP contribution in [0.25, 0.3) is 0 Å².